The minimum Gasteiger partial charge on any atom is -0.507 e. The van der Waals surface area contributed by atoms with Gasteiger partial charge in [-0.15, -0.1) is 0 Å². The fraction of sp³-hybridized carbons (Fsp3) is 0.519. The molecule has 1 N–H and O–H groups in total. The largest absolute Gasteiger partial charge is 0.507 e. The number of aromatic nitrogens is 1. The summed E-state index contributed by atoms with van der Waals surface area (Å²) >= 11 is 6.78. The summed E-state index contributed by atoms with van der Waals surface area (Å²) in [6.45, 7) is 7.06. The number of ether oxygens (including phenoxy) is 2. The van der Waals surface area contributed by atoms with E-state index < -0.39 is 23.6 Å². The number of anilines is 1. The molecule has 1 saturated carbocycles. The molecule has 2 amide bonds. The van der Waals surface area contributed by atoms with Gasteiger partial charge in [0.1, 0.15) is 45.9 Å². The third kappa shape index (κ3) is 4.19. The van der Waals surface area contributed by atoms with Crippen LogP contribution in [0.4, 0.5) is 15.0 Å². The Balaban J connectivity index is 1.41. The van der Waals surface area contributed by atoms with Crippen LogP contribution in [0.25, 0.3) is 11.3 Å². The number of phenolic OH excluding ortho intramolecular Hbond substituents is 1. The average Bonchev–Trinajstić information content (AvgIpc) is 3.54. The molecule has 38 heavy (non-hydrogen) atoms. The van der Waals surface area contributed by atoms with E-state index in [0.29, 0.717) is 31.4 Å². The highest BCUT2D eigenvalue weighted by atomic mass is 35.5. The molecule has 2 saturated heterocycles. The topological polar surface area (TPSA) is 95.4 Å². The molecule has 4 heterocycles. The number of aromatic hydroxyl groups is 1. The van der Waals surface area contributed by atoms with Gasteiger partial charge in [0, 0.05) is 32.2 Å². The molecule has 3 atom stereocenters. The van der Waals surface area contributed by atoms with Crippen LogP contribution in [0.5, 0.6) is 11.5 Å². The Morgan fingerprint density at radius 2 is 2.00 bits per heavy atom. The molecule has 1 aliphatic carbocycles. The van der Waals surface area contributed by atoms with Crippen LogP contribution >= 0.6 is 11.6 Å². The maximum Gasteiger partial charge on any atom is 0.410 e. The normalized spacial score (nSPS) is 24.3. The van der Waals surface area contributed by atoms with Crippen LogP contribution < -0.4 is 9.64 Å². The summed E-state index contributed by atoms with van der Waals surface area (Å²) < 4.78 is 26.7. The SMILES string of the molecule is CC(C)(C)OC(=O)N1CCN2C(=O)c3c(N4CCC5CC54)nc(-c4c(O)cccc4F)c(Cl)c3OC[C@H]2C1. The first-order valence-electron chi connectivity index (χ1n) is 12.9. The quantitative estimate of drug-likeness (QED) is 0.602. The maximum absolute atomic E-state index is 14.9. The smallest absolute Gasteiger partial charge is 0.410 e. The second-order valence-electron chi connectivity index (χ2n) is 11.4. The molecule has 202 valence electrons. The molecule has 1 aromatic heterocycles. The van der Waals surface area contributed by atoms with E-state index in [0.717, 1.165) is 12.8 Å². The third-order valence-electron chi connectivity index (χ3n) is 7.63. The van der Waals surface area contributed by atoms with Crippen LogP contribution in [0.1, 0.15) is 44.0 Å². The molecule has 6 rings (SSSR count). The Kier molecular flexibility index (Phi) is 5.86. The number of hydrogen-bond acceptors (Lipinski definition) is 7. The van der Waals surface area contributed by atoms with Gasteiger partial charge in [-0.2, -0.15) is 0 Å². The molecular weight excluding hydrogens is 515 g/mol. The van der Waals surface area contributed by atoms with Crippen molar-refractivity contribution in [3.05, 3.63) is 34.6 Å². The second-order valence-corrected chi connectivity index (χ2v) is 11.7. The number of benzene rings is 1. The van der Waals surface area contributed by atoms with Crippen molar-refractivity contribution in [3.63, 3.8) is 0 Å². The summed E-state index contributed by atoms with van der Waals surface area (Å²) in [6, 6.07) is 3.81. The van der Waals surface area contributed by atoms with Gasteiger partial charge in [0.15, 0.2) is 5.75 Å². The molecule has 11 heteroatoms. The lowest BCUT2D eigenvalue weighted by atomic mass is 10.1. The molecule has 0 bridgehead atoms. The molecule has 9 nitrogen and oxygen atoms in total. The van der Waals surface area contributed by atoms with Crippen LogP contribution in [0.2, 0.25) is 5.02 Å². The number of pyridine rings is 1. The zero-order chi connectivity index (χ0) is 26.9. The summed E-state index contributed by atoms with van der Waals surface area (Å²) in [4.78, 5) is 36.9. The first kappa shape index (κ1) is 25.0. The van der Waals surface area contributed by atoms with Gasteiger partial charge < -0.3 is 29.3 Å². The van der Waals surface area contributed by atoms with E-state index in [4.69, 9.17) is 26.1 Å². The number of hydrogen-bond donors (Lipinski definition) is 1. The Labute approximate surface area is 225 Å². The number of piperazine rings is 1. The minimum absolute atomic E-state index is 0.0307. The highest BCUT2D eigenvalue weighted by Crippen LogP contribution is 2.51. The molecule has 1 aromatic carbocycles. The number of nitrogens with zero attached hydrogens (tertiary/aromatic N) is 4. The Morgan fingerprint density at radius 3 is 2.66 bits per heavy atom. The molecular formula is C27H30ClFN4O5. The fourth-order valence-electron chi connectivity index (χ4n) is 5.72. The minimum atomic E-state index is -0.679. The van der Waals surface area contributed by atoms with E-state index in [1.165, 1.54) is 18.2 Å². The van der Waals surface area contributed by atoms with Gasteiger partial charge >= 0.3 is 6.09 Å². The van der Waals surface area contributed by atoms with Gasteiger partial charge in [-0.25, -0.2) is 14.2 Å². The van der Waals surface area contributed by atoms with Gasteiger partial charge in [0.05, 0.1) is 11.6 Å². The predicted molar refractivity (Wildman–Crippen MR) is 138 cm³/mol. The maximum atomic E-state index is 14.9. The van der Waals surface area contributed by atoms with Crippen LogP contribution in [-0.2, 0) is 4.74 Å². The van der Waals surface area contributed by atoms with Gasteiger partial charge in [-0.3, -0.25) is 4.79 Å². The van der Waals surface area contributed by atoms with Crippen LogP contribution in [0, 0.1) is 11.7 Å². The predicted octanol–water partition coefficient (Wildman–Crippen LogP) is 4.30. The monoisotopic (exact) mass is 544 g/mol. The fourth-order valence-corrected chi connectivity index (χ4v) is 6.00. The van der Waals surface area contributed by atoms with Crippen molar-refractivity contribution in [2.24, 2.45) is 5.92 Å². The first-order chi connectivity index (χ1) is 18.0. The van der Waals surface area contributed by atoms with E-state index in [9.17, 15) is 19.1 Å². The van der Waals surface area contributed by atoms with Crippen molar-refractivity contribution in [1.29, 1.82) is 0 Å². The van der Waals surface area contributed by atoms with Gasteiger partial charge in [0.2, 0.25) is 0 Å². The first-order valence-corrected chi connectivity index (χ1v) is 13.3. The van der Waals surface area contributed by atoms with Gasteiger partial charge in [-0.05, 0) is 51.7 Å². The molecule has 3 aliphatic heterocycles. The van der Waals surface area contributed by atoms with Crippen molar-refractivity contribution in [3.8, 4) is 22.8 Å². The summed E-state index contributed by atoms with van der Waals surface area (Å²) in [5, 5.41) is 10.5. The van der Waals surface area contributed by atoms with Crippen molar-refractivity contribution >= 4 is 29.4 Å². The van der Waals surface area contributed by atoms with E-state index in [-0.39, 0.29) is 58.4 Å². The average molecular weight is 545 g/mol. The van der Waals surface area contributed by atoms with E-state index in [1.54, 1.807) is 30.6 Å². The third-order valence-corrected chi connectivity index (χ3v) is 7.98. The highest BCUT2D eigenvalue weighted by molar-refractivity contribution is 6.35. The zero-order valence-electron chi connectivity index (χ0n) is 21.5. The Hall–Kier alpha value is -3.27. The second kappa shape index (κ2) is 8.90. The van der Waals surface area contributed by atoms with E-state index >= 15 is 0 Å². The van der Waals surface area contributed by atoms with Crippen molar-refractivity contribution in [2.75, 3.05) is 37.7 Å². The van der Waals surface area contributed by atoms with Crippen molar-refractivity contribution < 1.29 is 28.6 Å². The number of phenols is 1. The highest BCUT2D eigenvalue weighted by Gasteiger charge is 2.50. The summed E-state index contributed by atoms with van der Waals surface area (Å²) in [5.74, 6) is -0.207. The summed E-state index contributed by atoms with van der Waals surface area (Å²) in [7, 11) is 0. The number of halogens is 2. The molecule has 0 spiro atoms. The molecule has 4 aliphatic rings. The molecule has 0 radical (unpaired) electrons. The lowest BCUT2D eigenvalue weighted by Crippen LogP contribution is -2.58. The Morgan fingerprint density at radius 1 is 1.21 bits per heavy atom. The van der Waals surface area contributed by atoms with E-state index in [2.05, 4.69) is 4.90 Å². The standard InChI is InChI=1S/C27H30ClFN4O5/c1-27(2,3)38-26(36)31-9-10-32-15(12-31)13-37-23-20(25(32)35)24(33-8-7-14-11-17(14)33)30-22(21(23)28)19-16(29)5-4-6-18(19)34/h4-6,14-15,17,34H,7-13H2,1-3H3/t14?,15-,17?/m1/s1. The molecule has 2 unspecified atom stereocenters. The number of piperidine rings is 1. The number of carbonyl (C=O) groups is 2. The lowest BCUT2D eigenvalue weighted by Gasteiger charge is -2.40. The van der Waals surface area contributed by atoms with Gasteiger partial charge in [-0.1, -0.05) is 17.7 Å². The van der Waals surface area contributed by atoms with Crippen molar-refractivity contribution in [2.45, 2.75) is 51.3 Å². The summed E-state index contributed by atoms with van der Waals surface area (Å²) in [5.41, 5.74) is -0.500. The van der Waals surface area contributed by atoms with Crippen LogP contribution in [0.3, 0.4) is 0 Å². The van der Waals surface area contributed by atoms with Crippen LogP contribution in [0.15, 0.2) is 18.2 Å². The number of amides is 2. The zero-order valence-corrected chi connectivity index (χ0v) is 22.3. The Bertz CT molecular complexity index is 1310. The van der Waals surface area contributed by atoms with Crippen molar-refractivity contribution in [1.82, 2.24) is 14.8 Å². The number of carbonyl (C=O) groups excluding carboxylic acids is 2. The molecule has 2 aromatic rings. The lowest BCUT2D eigenvalue weighted by molar-refractivity contribution is 0.000955. The van der Waals surface area contributed by atoms with Crippen LogP contribution in [-0.4, -0.2) is 82.4 Å². The van der Waals surface area contributed by atoms with Gasteiger partial charge in [0.25, 0.3) is 5.91 Å². The van der Waals surface area contributed by atoms with E-state index in [1.807, 2.05) is 0 Å². The molecule has 3 fully saturated rings. The number of rotatable bonds is 2. The number of fused-ring (bicyclic) bond motifs is 3. The summed E-state index contributed by atoms with van der Waals surface area (Å²) in [6.07, 6.45) is 1.54.